The molecule has 0 saturated carbocycles. The third kappa shape index (κ3) is 7.08. The highest BCUT2D eigenvalue weighted by Gasteiger charge is 2.14. The summed E-state index contributed by atoms with van der Waals surface area (Å²) in [6.45, 7) is 8.99. The largest absolute Gasteiger partial charge is 0.490 e. The number of hydrogen-bond acceptors (Lipinski definition) is 8. The molecule has 3 aromatic rings. The van der Waals surface area contributed by atoms with Gasteiger partial charge in [-0.3, -0.25) is 0 Å². The van der Waals surface area contributed by atoms with Crippen LogP contribution in [0.5, 0.6) is 11.5 Å². The van der Waals surface area contributed by atoms with Crippen LogP contribution >= 0.6 is 15.9 Å². The van der Waals surface area contributed by atoms with Crippen LogP contribution in [0.2, 0.25) is 0 Å². The first kappa shape index (κ1) is 25.8. The second-order valence-electron chi connectivity index (χ2n) is 7.98. The Kier molecular flexibility index (Phi) is 8.88. The molecule has 2 aromatic carbocycles. The van der Waals surface area contributed by atoms with E-state index in [2.05, 4.69) is 38.0 Å². The molecule has 0 saturated heterocycles. The molecule has 8 nitrogen and oxygen atoms in total. The Labute approximate surface area is 212 Å². The summed E-state index contributed by atoms with van der Waals surface area (Å²) in [6, 6.07) is 14.9. The summed E-state index contributed by atoms with van der Waals surface area (Å²) in [5.74, 6) is 2.25. The highest BCUT2D eigenvalue weighted by molar-refractivity contribution is 9.10. The highest BCUT2D eigenvalue weighted by atomic mass is 79.9. The van der Waals surface area contributed by atoms with Gasteiger partial charge in [0.1, 0.15) is 30.2 Å². The van der Waals surface area contributed by atoms with Crippen LogP contribution in [0, 0.1) is 22.7 Å². The van der Waals surface area contributed by atoms with Gasteiger partial charge in [0, 0.05) is 11.1 Å². The van der Waals surface area contributed by atoms with Crippen molar-refractivity contribution in [3.8, 4) is 35.1 Å². The first-order valence-electron chi connectivity index (χ1n) is 11.0. The molecule has 0 spiro atoms. The number of aliphatic imine (C=N–C) groups is 1. The molecular formula is C26H25BrN4O4. The van der Waals surface area contributed by atoms with Crippen molar-refractivity contribution >= 4 is 21.8 Å². The number of aromatic nitrogens is 1. The van der Waals surface area contributed by atoms with Crippen LogP contribution in [0.1, 0.15) is 44.4 Å². The molecule has 0 atom stereocenters. The van der Waals surface area contributed by atoms with E-state index in [4.69, 9.17) is 29.2 Å². The van der Waals surface area contributed by atoms with Gasteiger partial charge in [0.25, 0.3) is 0 Å². The lowest BCUT2D eigenvalue weighted by Crippen LogP contribution is -2.08. The Bertz CT molecular complexity index is 1290. The van der Waals surface area contributed by atoms with Gasteiger partial charge in [-0.2, -0.15) is 10.5 Å². The van der Waals surface area contributed by atoms with E-state index in [0.29, 0.717) is 52.2 Å². The molecular weight excluding hydrogens is 512 g/mol. The lowest BCUT2D eigenvalue weighted by molar-refractivity contribution is 0.241. The summed E-state index contributed by atoms with van der Waals surface area (Å²) < 4.78 is 22.4. The lowest BCUT2D eigenvalue weighted by Gasteiger charge is -2.12. The van der Waals surface area contributed by atoms with Gasteiger partial charge in [0.15, 0.2) is 4.67 Å². The number of halogens is 1. The van der Waals surface area contributed by atoms with Crippen LogP contribution in [-0.2, 0) is 4.74 Å². The maximum Gasteiger partial charge on any atom is 0.227 e. The minimum absolute atomic E-state index is 0.0267. The summed E-state index contributed by atoms with van der Waals surface area (Å²) in [4.78, 5) is 8.30. The van der Waals surface area contributed by atoms with Crippen molar-refractivity contribution < 1.29 is 18.6 Å². The average Bonchev–Trinajstić information content (AvgIpc) is 3.51. The maximum atomic E-state index is 9.12. The van der Waals surface area contributed by atoms with E-state index < -0.39 is 0 Å². The van der Waals surface area contributed by atoms with Gasteiger partial charge in [-0.25, -0.2) is 9.98 Å². The number of ether oxygens (including phenoxy) is 3. The quantitative estimate of drug-likeness (QED) is 0.386. The molecule has 0 radical (unpaired) electrons. The zero-order valence-electron chi connectivity index (χ0n) is 19.9. The van der Waals surface area contributed by atoms with Crippen molar-refractivity contribution in [1.82, 2.24) is 4.98 Å². The van der Waals surface area contributed by atoms with Crippen molar-refractivity contribution in [2.75, 3.05) is 13.2 Å². The van der Waals surface area contributed by atoms with Crippen LogP contribution in [0.4, 0.5) is 0 Å². The number of benzene rings is 2. The fourth-order valence-corrected chi connectivity index (χ4v) is 3.37. The second kappa shape index (κ2) is 12.0. The summed E-state index contributed by atoms with van der Waals surface area (Å²) >= 11 is 3.19. The van der Waals surface area contributed by atoms with Crippen molar-refractivity contribution in [2.45, 2.75) is 39.9 Å². The van der Waals surface area contributed by atoms with E-state index in [1.54, 1.807) is 30.5 Å². The first-order chi connectivity index (χ1) is 16.8. The predicted octanol–water partition coefficient (Wildman–Crippen LogP) is 5.89. The standard InChI is InChI=1S/C13H11BrN2O2.C13H14N2O2/c1-8(2)17-11-4-3-9(5-10(11)6-15)13-16-7-12(14)18-13;1-9(2)17-12-4-3-10(7-11(12)8-14)13-15-5-6-16-13/h3-5,7-8H,1-2H3;3-4,7,9H,5-6H2,1-2H3. The molecule has 0 N–H and O–H groups in total. The van der Waals surface area contributed by atoms with Gasteiger partial charge in [-0.1, -0.05) is 0 Å². The molecule has 1 aliphatic heterocycles. The molecule has 0 bridgehead atoms. The summed E-state index contributed by atoms with van der Waals surface area (Å²) in [5, 5.41) is 18.2. The maximum absolute atomic E-state index is 9.12. The van der Waals surface area contributed by atoms with Gasteiger partial charge >= 0.3 is 0 Å². The molecule has 1 aromatic heterocycles. The van der Waals surface area contributed by atoms with E-state index in [9.17, 15) is 0 Å². The molecule has 1 aliphatic rings. The second-order valence-corrected chi connectivity index (χ2v) is 8.77. The Morgan fingerprint density at radius 2 is 1.49 bits per heavy atom. The zero-order chi connectivity index (χ0) is 25.4. The van der Waals surface area contributed by atoms with E-state index in [0.717, 1.165) is 11.1 Å². The van der Waals surface area contributed by atoms with E-state index in [1.807, 2.05) is 39.8 Å². The summed E-state index contributed by atoms with van der Waals surface area (Å²) in [7, 11) is 0. The molecule has 35 heavy (non-hydrogen) atoms. The molecule has 0 fully saturated rings. The molecule has 0 unspecified atom stereocenters. The minimum atomic E-state index is 0.0267. The Balaban J connectivity index is 0.000000196. The number of hydrogen-bond donors (Lipinski definition) is 0. The molecule has 0 amide bonds. The fraction of sp³-hybridized carbons (Fsp3) is 0.308. The number of rotatable bonds is 6. The van der Waals surface area contributed by atoms with Crippen LogP contribution in [0.25, 0.3) is 11.5 Å². The van der Waals surface area contributed by atoms with Gasteiger partial charge in [0.05, 0.1) is 36.1 Å². The average molecular weight is 537 g/mol. The molecule has 0 aliphatic carbocycles. The van der Waals surface area contributed by atoms with Crippen LogP contribution in [0.3, 0.4) is 0 Å². The van der Waals surface area contributed by atoms with Crippen molar-refractivity contribution in [3.63, 3.8) is 0 Å². The monoisotopic (exact) mass is 536 g/mol. The molecule has 9 heteroatoms. The fourth-order valence-electron chi connectivity index (χ4n) is 3.11. The summed E-state index contributed by atoms with van der Waals surface area (Å²) in [5.41, 5.74) is 2.55. The van der Waals surface area contributed by atoms with E-state index >= 15 is 0 Å². The Hall–Kier alpha value is -3.82. The third-order valence-corrected chi connectivity index (χ3v) is 4.85. The molecule has 180 valence electrons. The van der Waals surface area contributed by atoms with Crippen molar-refractivity contribution in [2.24, 2.45) is 4.99 Å². The number of nitriles is 2. The smallest absolute Gasteiger partial charge is 0.227 e. The minimum Gasteiger partial charge on any atom is -0.490 e. The van der Waals surface area contributed by atoms with Crippen molar-refractivity contribution in [1.29, 1.82) is 10.5 Å². The van der Waals surface area contributed by atoms with Gasteiger partial charge in [-0.05, 0) is 80.0 Å². The van der Waals surface area contributed by atoms with Gasteiger partial charge in [-0.15, -0.1) is 0 Å². The summed E-state index contributed by atoms with van der Waals surface area (Å²) in [6.07, 6.45) is 1.65. The number of nitrogens with zero attached hydrogens (tertiary/aromatic N) is 4. The Morgan fingerprint density at radius 3 is 1.94 bits per heavy atom. The SMILES string of the molecule is CC(C)Oc1ccc(-c2ncc(Br)o2)cc1C#N.CC(C)Oc1ccc(C2=NCCO2)cc1C#N. The normalized spacial score (nSPS) is 12.2. The zero-order valence-corrected chi connectivity index (χ0v) is 21.5. The van der Waals surface area contributed by atoms with Crippen LogP contribution < -0.4 is 9.47 Å². The Morgan fingerprint density at radius 1 is 0.914 bits per heavy atom. The van der Waals surface area contributed by atoms with Gasteiger partial charge in [0.2, 0.25) is 11.8 Å². The lowest BCUT2D eigenvalue weighted by atomic mass is 10.1. The van der Waals surface area contributed by atoms with Crippen LogP contribution in [-0.4, -0.2) is 36.2 Å². The third-order valence-electron chi connectivity index (χ3n) is 4.48. The van der Waals surface area contributed by atoms with E-state index in [1.165, 1.54) is 0 Å². The van der Waals surface area contributed by atoms with Crippen molar-refractivity contribution in [3.05, 3.63) is 64.0 Å². The molecule has 4 rings (SSSR count). The molecule has 2 heterocycles. The highest BCUT2D eigenvalue weighted by Crippen LogP contribution is 2.28. The van der Waals surface area contributed by atoms with E-state index in [-0.39, 0.29) is 12.2 Å². The predicted molar refractivity (Wildman–Crippen MR) is 134 cm³/mol. The topological polar surface area (TPSA) is 114 Å². The van der Waals surface area contributed by atoms with Gasteiger partial charge < -0.3 is 18.6 Å². The number of oxazole rings is 1. The first-order valence-corrected chi connectivity index (χ1v) is 11.8. The van der Waals surface area contributed by atoms with Crippen LogP contribution in [0.15, 0.2) is 56.7 Å².